The number of rotatable bonds is 3. The molecule has 1 aliphatic heterocycles. The van der Waals surface area contributed by atoms with Crippen LogP contribution in [0.3, 0.4) is 0 Å². The lowest BCUT2D eigenvalue weighted by Crippen LogP contribution is -2.35. The van der Waals surface area contributed by atoms with Gasteiger partial charge in [-0.15, -0.1) is 0 Å². The molecule has 6 nitrogen and oxygen atoms in total. The predicted octanol–water partition coefficient (Wildman–Crippen LogP) is 3.59. The standard InChI is InChI=1S/C22H18ClN5O/c23-20-16(10-14-4-1-2-6-18(14)25-20)12-28-9-7-19-17(13-28)22(29)27-21(26-19)15-5-3-8-24-11-15/h1-6,8,10-11H,7,9,12-13H2,(H,26,27,29). The van der Waals surface area contributed by atoms with Crippen LogP contribution in [0.4, 0.5) is 0 Å². The van der Waals surface area contributed by atoms with Crippen LogP contribution in [0.25, 0.3) is 22.3 Å². The Labute approximate surface area is 172 Å². The van der Waals surface area contributed by atoms with Crippen LogP contribution in [-0.4, -0.2) is 31.4 Å². The fourth-order valence-corrected chi connectivity index (χ4v) is 3.95. The Bertz CT molecular complexity index is 1260. The van der Waals surface area contributed by atoms with Gasteiger partial charge >= 0.3 is 0 Å². The molecule has 0 saturated heterocycles. The summed E-state index contributed by atoms with van der Waals surface area (Å²) in [5.41, 5.74) is 4.13. The molecule has 0 saturated carbocycles. The second kappa shape index (κ2) is 7.39. The van der Waals surface area contributed by atoms with Crippen molar-refractivity contribution in [3.63, 3.8) is 0 Å². The molecule has 4 heterocycles. The largest absolute Gasteiger partial charge is 0.306 e. The normalized spacial score (nSPS) is 14.1. The number of hydrogen-bond donors (Lipinski definition) is 1. The quantitative estimate of drug-likeness (QED) is 0.529. The number of para-hydroxylation sites is 1. The summed E-state index contributed by atoms with van der Waals surface area (Å²) in [7, 11) is 0. The van der Waals surface area contributed by atoms with Gasteiger partial charge in [-0.2, -0.15) is 0 Å². The number of benzene rings is 1. The molecule has 1 N–H and O–H groups in total. The zero-order valence-electron chi connectivity index (χ0n) is 15.6. The summed E-state index contributed by atoms with van der Waals surface area (Å²) in [6.07, 6.45) is 4.12. The molecule has 0 amide bonds. The lowest BCUT2D eigenvalue weighted by atomic mass is 10.1. The van der Waals surface area contributed by atoms with E-state index in [1.54, 1.807) is 12.4 Å². The maximum absolute atomic E-state index is 12.7. The molecule has 1 aromatic carbocycles. The summed E-state index contributed by atoms with van der Waals surface area (Å²) in [6.45, 7) is 1.98. The maximum Gasteiger partial charge on any atom is 0.255 e. The molecule has 0 radical (unpaired) electrons. The predicted molar refractivity (Wildman–Crippen MR) is 113 cm³/mol. The molecule has 0 unspecified atom stereocenters. The third-order valence-electron chi connectivity index (χ3n) is 5.23. The number of hydrogen-bond acceptors (Lipinski definition) is 5. The number of aromatic amines is 1. The van der Waals surface area contributed by atoms with Crippen molar-refractivity contribution in [2.75, 3.05) is 6.54 Å². The first-order valence-corrected chi connectivity index (χ1v) is 9.84. The van der Waals surface area contributed by atoms with E-state index >= 15 is 0 Å². The molecule has 0 fully saturated rings. The van der Waals surface area contributed by atoms with Gasteiger partial charge in [0.2, 0.25) is 0 Å². The lowest BCUT2D eigenvalue weighted by Gasteiger charge is -2.28. The van der Waals surface area contributed by atoms with Crippen molar-refractivity contribution >= 4 is 22.5 Å². The van der Waals surface area contributed by atoms with Gasteiger partial charge in [-0.25, -0.2) is 9.97 Å². The van der Waals surface area contributed by atoms with Crippen molar-refractivity contribution in [3.05, 3.63) is 87.2 Å². The highest BCUT2D eigenvalue weighted by atomic mass is 35.5. The number of nitrogens with one attached hydrogen (secondary N) is 1. The van der Waals surface area contributed by atoms with E-state index in [1.807, 2.05) is 36.4 Å². The molecule has 7 heteroatoms. The second-order valence-corrected chi connectivity index (χ2v) is 7.53. The Morgan fingerprint density at radius 3 is 2.90 bits per heavy atom. The molecule has 0 bridgehead atoms. The number of aromatic nitrogens is 4. The van der Waals surface area contributed by atoms with Crippen LogP contribution in [0.2, 0.25) is 5.15 Å². The van der Waals surface area contributed by atoms with Crippen molar-refractivity contribution in [1.82, 2.24) is 24.8 Å². The van der Waals surface area contributed by atoms with Gasteiger partial charge < -0.3 is 4.98 Å². The van der Waals surface area contributed by atoms with Crippen LogP contribution in [0, 0.1) is 0 Å². The number of nitrogens with zero attached hydrogens (tertiary/aromatic N) is 4. The Morgan fingerprint density at radius 1 is 1.14 bits per heavy atom. The van der Waals surface area contributed by atoms with E-state index in [1.165, 1.54) is 0 Å². The van der Waals surface area contributed by atoms with Crippen LogP contribution >= 0.6 is 11.6 Å². The van der Waals surface area contributed by atoms with Crippen LogP contribution < -0.4 is 5.56 Å². The number of H-pyrrole nitrogens is 1. The van der Waals surface area contributed by atoms with E-state index in [-0.39, 0.29) is 5.56 Å². The average molecular weight is 404 g/mol. The molecule has 29 heavy (non-hydrogen) atoms. The molecule has 144 valence electrons. The summed E-state index contributed by atoms with van der Waals surface area (Å²) in [5, 5.41) is 1.57. The van der Waals surface area contributed by atoms with Crippen LogP contribution in [0.15, 0.2) is 59.7 Å². The van der Waals surface area contributed by atoms with Crippen molar-refractivity contribution in [2.24, 2.45) is 0 Å². The van der Waals surface area contributed by atoms with Gasteiger partial charge in [0.15, 0.2) is 0 Å². The van der Waals surface area contributed by atoms with Crippen molar-refractivity contribution in [1.29, 1.82) is 0 Å². The summed E-state index contributed by atoms with van der Waals surface area (Å²) >= 11 is 6.42. The Kier molecular flexibility index (Phi) is 4.58. The lowest BCUT2D eigenvalue weighted by molar-refractivity contribution is 0.242. The fourth-order valence-electron chi connectivity index (χ4n) is 3.74. The van der Waals surface area contributed by atoms with Gasteiger partial charge in [0.25, 0.3) is 5.56 Å². The Balaban J connectivity index is 1.42. The first-order chi connectivity index (χ1) is 14.2. The highest BCUT2D eigenvalue weighted by Gasteiger charge is 2.22. The smallest absolute Gasteiger partial charge is 0.255 e. The summed E-state index contributed by atoms with van der Waals surface area (Å²) in [6, 6.07) is 13.7. The summed E-state index contributed by atoms with van der Waals surface area (Å²) in [4.78, 5) is 31.1. The molecule has 5 rings (SSSR count). The Hall–Kier alpha value is -3.09. The van der Waals surface area contributed by atoms with Gasteiger partial charge in [-0.1, -0.05) is 29.8 Å². The van der Waals surface area contributed by atoms with E-state index in [9.17, 15) is 4.79 Å². The van der Waals surface area contributed by atoms with Gasteiger partial charge in [0, 0.05) is 55.0 Å². The molecule has 0 aliphatic carbocycles. The average Bonchev–Trinajstić information content (AvgIpc) is 2.75. The van der Waals surface area contributed by atoms with E-state index in [2.05, 4.69) is 30.9 Å². The molecule has 1 aliphatic rings. The van der Waals surface area contributed by atoms with E-state index < -0.39 is 0 Å². The highest BCUT2D eigenvalue weighted by molar-refractivity contribution is 6.30. The SMILES string of the molecule is O=c1[nH]c(-c2cccnc2)nc2c1CN(Cc1cc3ccccc3nc1Cl)CC2. The zero-order valence-corrected chi connectivity index (χ0v) is 16.4. The van der Waals surface area contributed by atoms with E-state index in [0.29, 0.717) is 36.1 Å². The molecule has 3 aromatic heterocycles. The first-order valence-electron chi connectivity index (χ1n) is 9.46. The molecular weight excluding hydrogens is 386 g/mol. The summed E-state index contributed by atoms with van der Waals surface area (Å²) < 4.78 is 0. The van der Waals surface area contributed by atoms with Crippen LogP contribution in [-0.2, 0) is 19.5 Å². The van der Waals surface area contributed by atoms with E-state index in [0.717, 1.165) is 34.3 Å². The minimum Gasteiger partial charge on any atom is -0.306 e. The van der Waals surface area contributed by atoms with Crippen molar-refractivity contribution < 1.29 is 0 Å². The maximum atomic E-state index is 12.7. The molecule has 4 aromatic rings. The van der Waals surface area contributed by atoms with Gasteiger partial charge in [0.1, 0.15) is 11.0 Å². The molecular formula is C22H18ClN5O. The second-order valence-electron chi connectivity index (χ2n) is 7.17. The monoisotopic (exact) mass is 403 g/mol. The molecule has 0 atom stereocenters. The minimum absolute atomic E-state index is 0.0960. The van der Waals surface area contributed by atoms with E-state index in [4.69, 9.17) is 11.6 Å². The topological polar surface area (TPSA) is 74.8 Å². The van der Waals surface area contributed by atoms with Gasteiger partial charge in [-0.3, -0.25) is 14.7 Å². The van der Waals surface area contributed by atoms with Crippen LogP contribution in [0.5, 0.6) is 0 Å². The summed E-state index contributed by atoms with van der Waals surface area (Å²) in [5.74, 6) is 0.567. The molecule has 0 spiro atoms. The van der Waals surface area contributed by atoms with Crippen LogP contribution in [0.1, 0.15) is 16.8 Å². The zero-order chi connectivity index (χ0) is 19.8. The minimum atomic E-state index is -0.0960. The number of halogens is 1. The Morgan fingerprint density at radius 2 is 2.03 bits per heavy atom. The number of fused-ring (bicyclic) bond motifs is 2. The third-order valence-corrected chi connectivity index (χ3v) is 5.55. The number of pyridine rings is 2. The first kappa shape index (κ1) is 18.0. The highest BCUT2D eigenvalue weighted by Crippen LogP contribution is 2.24. The van der Waals surface area contributed by atoms with Gasteiger partial charge in [0.05, 0.1) is 16.8 Å². The van der Waals surface area contributed by atoms with Gasteiger partial charge in [-0.05, 0) is 24.3 Å². The van der Waals surface area contributed by atoms with Crippen molar-refractivity contribution in [3.8, 4) is 11.4 Å². The van der Waals surface area contributed by atoms with Crippen molar-refractivity contribution in [2.45, 2.75) is 19.5 Å². The fraction of sp³-hybridized carbons (Fsp3) is 0.182. The third kappa shape index (κ3) is 3.52.